The Labute approximate surface area is 164 Å². The van der Waals surface area contributed by atoms with Crippen molar-refractivity contribution < 1.29 is 4.92 Å². The molecule has 1 saturated carbocycles. The fourth-order valence-corrected chi connectivity index (χ4v) is 4.11. The largest absolute Gasteiger partial charge is 0.353 e. The zero-order valence-corrected chi connectivity index (χ0v) is 16.0. The van der Waals surface area contributed by atoms with Gasteiger partial charge in [0, 0.05) is 35.7 Å². The lowest BCUT2D eigenvalue weighted by atomic mass is 9.94. The number of hydrogen-bond acceptors (Lipinski definition) is 5. The van der Waals surface area contributed by atoms with Crippen LogP contribution in [-0.2, 0) is 0 Å². The van der Waals surface area contributed by atoms with Crippen molar-refractivity contribution in [1.29, 1.82) is 0 Å². The number of nitrogens with zero attached hydrogens (tertiary/aromatic N) is 4. The minimum atomic E-state index is -0.391. The summed E-state index contributed by atoms with van der Waals surface area (Å²) in [4.78, 5) is 22.6. The van der Waals surface area contributed by atoms with Crippen molar-refractivity contribution >= 4 is 22.4 Å². The first-order valence-electron chi connectivity index (χ1n) is 9.95. The lowest BCUT2D eigenvalue weighted by Crippen LogP contribution is -2.37. The number of fused-ring (bicyclic) bond motifs is 1. The van der Waals surface area contributed by atoms with Gasteiger partial charge in [-0.2, -0.15) is 0 Å². The van der Waals surface area contributed by atoms with Crippen LogP contribution in [0.25, 0.3) is 22.3 Å². The van der Waals surface area contributed by atoms with Crippen LogP contribution in [0.1, 0.15) is 39.0 Å². The molecule has 0 unspecified atom stereocenters. The van der Waals surface area contributed by atoms with Crippen molar-refractivity contribution in [3.05, 3.63) is 58.6 Å². The summed E-state index contributed by atoms with van der Waals surface area (Å²) in [5, 5.41) is 12.0. The number of nitro benzene ring substituents is 1. The molecule has 0 aliphatic heterocycles. The van der Waals surface area contributed by atoms with Gasteiger partial charge in [0.15, 0.2) is 5.82 Å². The lowest BCUT2D eigenvalue weighted by Gasteiger charge is -2.35. The number of non-ortho nitro benzene ring substituents is 1. The van der Waals surface area contributed by atoms with E-state index < -0.39 is 4.92 Å². The minimum absolute atomic E-state index is 0.0714. The first-order valence-corrected chi connectivity index (χ1v) is 9.95. The second-order valence-corrected chi connectivity index (χ2v) is 7.27. The molecule has 0 amide bonds. The van der Waals surface area contributed by atoms with Crippen LogP contribution in [0.15, 0.2) is 48.5 Å². The molecule has 28 heavy (non-hydrogen) atoms. The fraction of sp³-hybridized carbons (Fsp3) is 0.364. The number of para-hydroxylation sites is 1. The van der Waals surface area contributed by atoms with Gasteiger partial charge in [-0.15, -0.1) is 0 Å². The van der Waals surface area contributed by atoms with Crippen molar-refractivity contribution in [2.24, 2.45) is 0 Å². The molecule has 144 valence electrons. The number of rotatable bonds is 5. The van der Waals surface area contributed by atoms with Gasteiger partial charge in [-0.1, -0.05) is 31.4 Å². The molecule has 2 aromatic carbocycles. The molecule has 6 nitrogen and oxygen atoms in total. The molecular weight excluding hydrogens is 352 g/mol. The molecule has 0 saturated heterocycles. The molecule has 6 heteroatoms. The molecule has 0 radical (unpaired) electrons. The summed E-state index contributed by atoms with van der Waals surface area (Å²) >= 11 is 0. The molecule has 0 spiro atoms. The Bertz CT molecular complexity index is 981. The summed E-state index contributed by atoms with van der Waals surface area (Å²) in [7, 11) is 0. The van der Waals surface area contributed by atoms with Crippen molar-refractivity contribution in [1.82, 2.24) is 9.97 Å². The molecule has 3 aromatic rings. The third-order valence-electron chi connectivity index (χ3n) is 5.55. The van der Waals surface area contributed by atoms with E-state index in [0.29, 0.717) is 11.9 Å². The Hall–Kier alpha value is -3.02. The topological polar surface area (TPSA) is 72.2 Å². The first-order chi connectivity index (χ1) is 13.7. The third-order valence-corrected chi connectivity index (χ3v) is 5.55. The SMILES string of the molecule is CCN(c1nc(-c2ccc([N+](=O)[O-])cc2)nc2ccccc12)C1CCCCC1. The van der Waals surface area contributed by atoms with Crippen LogP contribution in [0.3, 0.4) is 0 Å². The normalized spacial score (nSPS) is 14.9. The minimum Gasteiger partial charge on any atom is -0.353 e. The molecule has 0 bridgehead atoms. The van der Waals surface area contributed by atoms with E-state index in [4.69, 9.17) is 9.97 Å². The highest BCUT2D eigenvalue weighted by Gasteiger charge is 2.23. The van der Waals surface area contributed by atoms with Gasteiger partial charge >= 0.3 is 0 Å². The maximum atomic E-state index is 10.9. The lowest BCUT2D eigenvalue weighted by molar-refractivity contribution is -0.384. The van der Waals surface area contributed by atoms with E-state index in [1.54, 1.807) is 12.1 Å². The Morgan fingerprint density at radius 2 is 1.75 bits per heavy atom. The van der Waals surface area contributed by atoms with E-state index in [9.17, 15) is 10.1 Å². The maximum Gasteiger partial charge on any atom is 0.269 e. The highest BCUT2D eigenvalue weighted by molar-refractivity contribution is 5.91. The van der Waals surface area contributed by atoms with E-state index in [1.165, 1.54) is 44.2 Å². The van der Waals surface area contributed by atoms with Crippen LogP contribution in [0, 0.1) is 10.1 Å². The van der Waals surface area contributed by atoms with Gasteiger partial charge < -0.3 is 4.90 Å². The standard InChI is InChI=1S/C22H24N4O2/c1-2-25(17-8-4-3-5-9-17)22-19-10-6-7-11-20(19)23-21(24-22)16-12-14-18(15-13-16)26(27)28/h6-7,10-15,17H,2-5,8-9H2,1H3. The van der Waals surface area contributed by atoms with Crippen LogP contribution >= 0.6 is 0 Å². The Balaban J connectivity index is 1.81. The van der Waals surface area contributed by atoms with Crippen LogP contribution in [0.2, 0.25) is 0 Å². The van der Waals surface area contributed by atoms with Gasteiger partial charge in [0.05, 0.1) is 10.4 Å². The average molecular weight is 376 g/mol. The van der Waals surface area contributed by atoms with Crippen molar-refractivity contribution in [2.75, 3.05) is 11.4 Å². The molecule has 4 rings (SSSR count). The Kier molecular flexibility index (Phi) is 5.19. The van der Waals surface area contributed by atoms with Crippen LogP contribution in [-0.4, -0.2) is 27.5 Å². The van der Waals surface area contributed by atoms with Gasteiger partial charge in [0.1, 0.15) is 5.82 Å². The molecule has 0 atom stereocenters. The van der Waals surface area contributed by atoms with Crippen LogP contribution in [0.5, 0.6) is 0 Å². The van der Waals surface area contributed by atoms with Gasteiger partial charge in [-0.05, 0) is 44.0 Å². The fourth-order valence-electron chi connectivity index (χ4n) is 4.11. The number of nitro groups is 1. The molecular formula is C22H24N4O2. The first kappa shape index (κ1) is 18.3. The number of benzene rings is 2. The van der Waals surface area contributed by atoms with Crippen LogP contribution < -0.4 is 4.90 Å². The second kappa shape index (κ2) is 7.92. The van der Waals surface area contributed by atoms with Gasteiger partial charge in [-0.3, -0.25) is 10.1 Å². The van der Waals surface area contributed by atoms with E-state index in [1.807, 2.05) is 18.2 Å². The van der Waals surface area contributed by atoms with E-state index >= 15 is 0 Å². The second-order valence-electron chi connectivity index (χ2n) is 7.27. The molecule has 1 aliphatic rings. The zero-order valence-electron chi connectivity index (χ0n) is 16.0. The van der Waals surface area contributed by atoms with Gasteiger partial charge in [0.25, 0.3) is 5.69 Å². The maximum absolute atomic E-state index is 10.9. The van der Waals surface area contributed by atoms with Gasteiger partial charge in [-0.25, -0.2) is 9.97 Å². The highest BCUT2D eigenvalue weighted by atomic mass is 16.6. The summed E-state index contributed by atoms with van der Waals surface area (Å²) in [5.74, 6) is 1.58. The highest BCUT2D eigenvalue weighted by Crippen LogP contribution is 2.32. The van der Waals surface area contributed by atoms with E-state index in [0.717, 1.165) is 28.8 Å². The predicted molar refractivity (Wildman–Crippen MR) is 112 cm³/mol. The Morgan fingerprint density at radius 3 is 2.43 bits per heavy atom. The molecule has 1 fully saturated rings. The monoisotopic (exact) mass is 376 g/mol. The predicted octanol–water partition coefficient (Wildman–Crippen LogP) is 5.36. The van der Waals surface area contributed by atoms with Crippen molar-refractivity contribution in [2.45, 2.75) is 45.1 Å². The summed E-state index contributed by atoms with van der Waals surface area (Å²) in [6, 6.07) is 15.1. The number of anilines is 1. The number of hydrogen-bond donors (Lipinski definition) is 0. The Morgan fingerprint density at radius 1 is 1.04 bits per heavy atom. The summed E-state index contributed by atoms with van der Waals surface area (Å²) in [5.41, 5.74) is 1.76. The number of aromatic nitrogens is 2. The molecule has 1 aliphatic carbocycles. The van der Waals surface area contributed by atoms with Crippen LogP contribution in [0.4, 0.5) is 11.5 Å². The third kappa shape index (κ3) is 3.54. The molecule has 1 aromatic heterocycles. The zero-order chi connectivity index (χ0) is 19.5. The summed E-state index contributed by atoms with van der Waals surface area (Å²) in [6.45, 7) is 3.07. The average Bonchev–Trinajstić information content (AvgIpc) is 2.75. The van der Waals surface area contributed by atoms with Crippen molar-refractivity contribution in [3.63, 3.8) is 0 Å². The smallest absolute Gasteiger partial charge is 0.269 e. The summed E-state index contributed by atoms with van der Waals surface area (Å²) in [6.07, 6.45) is 6.23. The quantitative estimate of drug-likeness (QED) is 0.442. The van der Waals surface area contributed by atoms with E-state index in [2.05, 4.69) is 17.9 Å². The van der Waals surface area contributed by atoms with Gasteiger partial charge in [0.2, 0.25) is 0 Å². The summed E-state index contributed by atoms with van der Waals surface area (Å²) < 4.78 is 0. The van der Waals surface area contributed by atoms with Crippen molar-refractivity contribution in [3.8, 4) is 11.4 Å². The molecule has 0 N–H and O–H groups in total. The molecule has 1 heterocycles. The van der Waals surface area contributed by atoms with E-state index in [-0.39, 0.29) is 5.69 Å².